The molecule has 1 N–H and O–H groups in total. The highest BCUT2D eigenvalue weighted by Crippen LogP contribution is 2.41. The number of hydrogen-bond donors (Lipinski definition) is 1. The Morgan fingerprint density at radius 2 is 1.76 bits per heavy atom. The van der Waals surface area contributed by atoms with Gasteiger partial charge in [0, 0.05) is 37.0 Å². The van der Waals surface area contributed by atoms with E-state index in [9.17, 15) is 14.0 Å². The van der Waals surface area contributed by atoms with Gasteiger partial charge in [0.05, 0.1) is 20.1 Å². The minimum Gasteiger partial charge on any atom is -0.497 e. The van der Waals surface area contributed by atoms with Crippen molar-refractivity contribution >= 4 is 11.8 Å². The number of amides is 2. The highest BCUT2D eigenvalue weighted by Gasteiger charge is 2.43. The van der Waals surface area contributed by atoms with Crippen LogP contribution in [0.25, 0.3) is 0 Å². The molecule has 33 heavy (non-hydrogen) atoms. The van der Waals surface area contributed by atoms with Crippen LogP contribution in [0.2, 0.25) is 0 Å². The maximum absolute atomic E-state index is 13.3. The van der Waals surface area contributed by atoms with Gasteiger partial charge in [-0.15, -0.1) is 0 Å². The molecule has 1 aliphatic carbocycles. The van der Waals surface area contributed by atoms with E-state index in [0.717, 1.165) is 36.8 Å². The van der Waals surface area contributed by atoms with E-state index in [2.05, 4.69) is 5.32 Å². The van der Waals surface area contributed by atoms with E-state index in [1.165, 1.54) is 12.1 Å². The summed E-state index contributed by atoms with van der Waals surface area (Å²) >= 11 is 0. The second kappa shape index (κ2) is 10.2. The van der Waals surface area contributed by atoms with Gasteiger partial charge in [0.25, 0.3) is 0 Å². The number of rotatable bonds is 7. The summed E-state index contributed by atoms with van der Waals surface area (Å²) in [7, 11) is 3.20. The number of carbonyl (C=O) groups excluding carboxylic acids is 2. The zero-order valence-corrected chi connectivity index (χ0v) is 19.2. The first-order valence-electron chi connectivity index (χ1n) is 11.5. The Labute approximate surface area is 194 Å². The van der Waals surface area contributed by atoms with Crippen molar-refractivity contribution in [3.05, 3.63) is 59.4 Å². The Hall–Kier alpha value is -3.09. The first-order valence-corrected chi connectivity index (χ1v) is 11.5. The molecule has 0 radical (unpaired) electrons. The Balaban J connectivity index is 1.57. The number of likely N-dealkylation sites (tertiary alicyclic amines) is 1. The standard InChI is InChI=1S/C26H31FN2O4/c1-32-20-11-12-24(33-2)21(13-20)22-15-29(26(31)18-5-3-4-6-18)16-23(22)25(30)28-14-17-7-9-19(27)10-8-17/h7-13,18,22-23H,3-6,14-16H2,1-2H3,(H,28,30). The number of hydrogen-bond acceptors (Lipinski definition) is 4. The first-order chi connectivity index (χ1) is 16.0. The van der Waals surface area contributed by atoms with Gasteiger partial charge in [0.1, 0.15) is 17.3 Å². The van der Waals surface area contributed by atoms with Crippen LogP contribution in [0.4, 0.5) is 4.39 Å². The van der Waals surface area contributed by atoms with Crippen molar-refractivity contribution in [3.8, 4) is 11.5 Å². The SMILES string of the molecule is COc1ccc(OC)c(C2CN(C(=O)C3CCCC3)CC2C(=O)NCc2ccc(F)cc2)c1. The summed E-state index contributed by atoms with van der Waals surface area (Å²) in [6.07, 6.45) is 4.01. The van der Waals surface area contributed by atoms with Gasteiger partial charge < -0.3 is 19.7 Å². The molecule has 2 amide bonds. The van der Waals surface area contributed by atoms with Crippen LogP contribution in [0.5, 0.6) is 11.5 Å². The van der Waals surface area contributed by atoms with E-state index in [1.807, 2.05) is 23.1 Å². The molecule has 176 valence electrons. The van der Waals surface area contributed by atoms with Gasteiger partial charge >= 0.3 is 0 Å². The summed E-state index contributed by atoms with van der Waals surface area (Å²) in [5.41, 5.74) is 1.68. The molecule has 2 atom stereocenters. The molecule has 0 aromatic heterocycles. The number of nitrogens with one attached hydrogen (secondary N) is 1. The Kier molecular flexibility index (Phi) is 7.16. The van der Waals surface area contributed by atoms with Crippen molar-refractivity contribution in [1.82, 2.24) is 10.2 Å². The molecular formula is C26H31FN2O4. The fraction of sp³-hybridized carbons (Fsp3) is 0.462. The Bertz CT molecular complexity index is 988. The molecule has 0 spiro atoms. The Morgan fingerprint density at radius 1 is 1.03 bits per heavy atom. The summed E-state index contributed by atoms with van der Waals surface area (Å²) in [4.78, 5) is 28.4. The third kappa shape index (κ3) is 5.13. The van der Waals surface area contributed by atoms with Crippen LogP contribution >= 0.6 is 0 Å². The lowest BCUT2D eigenvalue weighted by Gasteiger charge is -2.21. The molecule has 2 aromatic carbocycles. The van der Waals surface area contributed by atoms with Crippen molar-refractivity contribution in [1.29, 1.82) is 0 Å². The van der Waals surface area contributed by atoms with Gasteiger partial charge in [-0.25, -0.2) is 4.39 Å². The van der Waals surface area contributed by atoms with E-state index < -0.39 is 5.92 Å². The number of nitrogens with zero attached hydrogens (tertiary/aromatic N) is 1. The summed E-state index contributed by atoms with van der Waals surface area (Å²) in [5, 5.41) is 2.98. The van der Waals surface area contributed by atoms with Crippen molar-refractivity contribution in [2.75, 3.05) is 27.3 Å². The molecule has 1 aliphatic heterocycles. The molecule has 1 saturated heterocycles. The van der Waals surface area contributed by atoms with Gasteiger partial charge in [0.15, 0.2) is 0 Å². The summed E-state index contributed by atoms with van der Waals surface area (Å²) < 4.78 is 24.2. The predicted octanol–water partition coefficient (Wildman–Crippen LogP) is 3.89. The molecule has 4 rings (SSSR count). The lowest BCUT2D eigenvalue weighted by Crippen LogP contribution is -2.36. The van der Waals surface area contributed by atoms with E-state index >= 15 is 0 Å². The zero-order valence-electron chi connectivity index (χ0n) is 19.2. The number of benzene rings is 2. The molecule has 7 heteroatoms. The molecule has 6 nitrogen and oxygen atoms in total. The number of halogens is 1. The monoisotopic (exact) mass is 454 g/mol. The average Bonchev–Trinajstić information content (AvgIpc) is 3.53. The molecule has 2 aromatic rings. The molecule has 2 aliphatic rings. The van der Waals surface area contributed by atoms with Crippen LogP contribution in [0.15, 0.2) is 42.5 Å². The zero-order chi connectivity index (χ0) is 23.4. The number of methoxy groups -OCH3 is 2. The van der Waals surface area contributed by atoms with Crippen LogP contribution in [-0.2, 0) is 16.1 Å². The minimum absolute atomic E-state index is 0.0545. The smallest absolute Gasteiger partial charge is 0.225 e. The van der Waals surface area contributed by atoms with E-state index in [-0.39, 0.29) is 29.5 Å². The normalized spacial score (nSPS) is 20.6. The second-order valence-electron chi connectivity index (χ2n) is 8.89. The van der Waals surface area contributed by atoms with Crippen LogP contribution < -0.4 is 14.8 Å². The van der Waals surface area contributed by atoms with E-state index in [4.69, 9.17) is 9.47 Å². The fourth-order valence-corrected chi connectivity index (χ4v) is 5.05. The highest BCUT2D eigenvalue weighted by molar-refractivity contribution is 5.84. The highest BCUT2D eigenvalue weighted by atomic mass is 19.1. The van der Waals surface area contributed by atoms with E-state index in [0.29, 0.717) is 31.1 Å². The van der Waals surface area contributed by atoms with Gasteiger partial charge in [-0.2, -0.15) is 0 Å². The lowest BCUT2D eigenvalue weighted by atomic mass is 9.87. The third-order valence-electron chi connectivity index (χ3n) is 6.89. The van der Waals surface area contributed by atoms with Crippen molar-refractivity contribution in [3.63, 3.8) is 0 Å². The van der Waals surface area contributed by atoms with Crippen LogP contribution in [0.3, 0.4) is 0 Å². The average molecular weight is 455 g/mol. The largest absolute Gasteiger partial charge is 0.497 e. The van der Waals surface area contributed by atoms with Gasteiger partial charge in [0.2, 0.25) is 11.8 Å². The van der Waals surface area contributed by atoms with Crippen molar-refractivity contribution < 1.29 is 23.5 Å². The third-order valence-corrected chi connectivity index (χ3v) is 6.89. The maximum atomic E-state index is 13.3. The topological polar surface area (TPSA) is 67.9 Å². The number of carbonyl (C=O) groups is 2. The molecule has 2 unspecified atom stereocenters. The van der Waals surface area contributed by atoms with Gasteiger partial charge in [-0.1, -0.05) is 25.0 Å². The van der Waals surface area contributed by atoms with Crippen LogP contribution in [0.1, 0.15) is 42.7 Å². The van der Waals surface area contributed by atoms with Crippen LogP contribution in [-0.4, -0.2) is 44.0 Å². The van der Waals surface area contributed by atoms with Gasteiger partial charge in [-0.3, -0.25) is 9.59 Å². The van der Waals surface area contributed by atoms with E-state index in [1.54, 1.807) is 26.4 Å². The quantitative estimate of drug-likeness (QED) is 0.689. The Morgan fingerprint density at radius 3 is 2.42 bits per heavy atom. The van der Waals surface area contributed by atoms with Crippen molar-refractivity contribution in [2.45, 2.75) is 38.1 Å². The maximum Gasteiger partial charge on any atom is 0.225 e. The molecular weight excluding hydrogens is 423 g/mol. The summed E-state index contributed by atoms with van der Waals surface area (Å²) in [6, 6.07) is 11.6. The van der Waals surface area contributed by atoms with Crippen LogP contribution in [0, 0.1) is 17.7 Å². The minimum atomic E-state index is -0.420. The molecule has 1 heterocycles. The first kappa shape index (κ1) is 23.1. The summed E-state index contributed by atoms with van der Waals surface area (Å²) in [6.45, 7) is 1.14. The van der Waals surface area contributed by atoms with Crippen molar-refractivity contribution in [2.24, 2.45) is 11.8 Å². The lowest BCUT2D eigenvalue weighted by molar-refractivity contribution is -0.134. The second-order valence-corrected chi connectivity index (χ2v) is 8.89. The number of ether oxygens (including phenoxy) is 2. The molecule has 1 saturated carbocycles. The fourth-order valence-electron chi connectivity index (χ4n) is 5.05. The van der Waals surface area contributed by atoms with Gasteiger partial charge in [-0.05, 0) is 48.7 Å². The summed E-state index contributed by atoms with van der Waals surface area (Å²) in [5.74, 6) is 0.477. The predicted molar refractivity (Wildman–Crippen MR) is 123 cm³/mol. The molecule has 2 fully saturated rings. The molecule has 0 bridgehead atoms.